The number of benzene rings is 4. The number of amides is 2. The van der Waals surface area contributed by atoms with E-state index in [0.29, 0.717) is 16.7 Å². The van der Waals surface area contributed by atoms with Crippen molar-refractivity contribution in [1.82, 2.24) is 20.3 Å². The highest BCUT2D eigenvalue weighted by atomic mass is 19.1. The Morgan fingerprint density at radius 2 is 1.62 bits per heavy atom. The van der Waals surface area contributed by atoms with Gasteiger partial charge in [0, 0.05) is 17.8 Å². The number of carbonyl (C=O) groups excluding carboxylic acids is 2. The fraction of sp³-hybridized carbons (Fsp3) is 0.161. The van der Waals surface area contributed by atoms with E-state index in [2.05, 4.69) is 15.6 Å². The predicted molar refractivity (Wildman–Crippen MR) is 148 cm³/mol. The van der Waals surface area contributed by atoms with Gasteiger partial charge in [-0.15, -0.1) is 5.10 Å². The number of rotatable bonds is 8. The van der Waals surface area contributed by atoms with E-state index in [9.17, 15) is 9.59 Å². The number of nitrogens with one attached hydrogen (secondary N) is 1. The molecule has 0 saturated carbocycles. The van der Waals surface area contributed by atoms with Gasteiger partial charge in [-0.3, -0.25) is 14.5 Å². The molecule has 39 heavy (non-hydrogen) atoms. The number of hydrogen-bond acceptors (Lipinski definition) is 4. The summed E-state index contributed by atoms with van der Waals surface area (Å²) < 4.78 is 16.8. The van der Waals surface area contributed by atoms with Crippen molar-refractivity contribution >= 4 is 28.5 Å². The summed E-state index contributed by atoms with van der Waals surface area (Å²) in [5.74, 6) is -1.50. The summed E-state index contributed by atoms with van der Waals surface area (Å²) >= 11 is 0. The van der Waals surface area contributed by atoms with Gasteiger partial charge in [0.2, 0.25) is 11.8 Å². The Morgan fingerprint density at radius 3 is 2.41 bits per heavy atom. The van der Waals surface area contributed by atoms with Gasteiger partial charge >= 0.3 is 0 Å². The van der Waals surface area contributed by atoms with Crippen molar-refractivity contribution in [3.63, 3.8) is 0 Å². The molecule has 196 valence electrons. The summed E-state index contributed by atoms with van der Waals surface area (Å²) in [6.07, 6.45) is 0. The monoisotopic (exact) mass is 521 g/mol. The van der Waals surface area contributed by atoms with Crippen LogP contribution in [-0.2, 0) is 22.7 Å². The Morgan fingerprint density at radius 1 is 0.897 bits per heavy atom. The highest BCUT2D eigenvalue weighted by molar-refractivity contribution is 6.02. The molecular formula is C31H28FN5O2. The number of nitrogens with zero attached hydrogens (tertiary/aromatic N) is 4. The van der Waals surface area contributed by atoms with Crippen LogP contribution in [0.15, 0.2) is 97.1 Å². The summed E-state index contributed by atoms with van der Waals surface area (Å²) in [5.41, 5.74) is 4.59. The zero-order valence-electron chi connectivity index (χ0n) is 21.7. The van der Waals surface area contributed by atoms with Crippen LogP contribution < -0.4 is 10.2 Å². The molecule has 0 saturated heterocycles. The first-order valence-corrected chi connectivity index (χ1v) is 12.7. The lowest BCUT2D eigenvalue weighted by Crippen LogP contribution is -2.46. The molecule has 8 heteroatoms. The van der Waals surface area contributed by atoms with E-state index in [1.54, 1.807) is 24.3 Å². The molecule has 0 spiro atoms. The van der Waals surface area contributed by atoms with Gasteiger partial charge in [-0.2, -0.15) is 0 Å². The SMILES string of the molecule is Cc1cccc(N(C(=O)Cn2nnc3ccccc32)[C@H](C(=O)NCc2ccccc2)c2ccccc2F)c1C. The van der Waals surface area contributed by atoms with E-state index in [4.69, 9.17) is 0 Å². The Bertz CT molecular complexity index is 1630. The van der Waals surface area contributed by atoms with E-state index < -0.39 is 23.7 Å². The summed E-state index contributed by atoms with van der Waals surface area (Å²) in [6.45, 7) is 3.86. The van der Waals surface area contributed by atoms with Crippen molar-refractivity contribution in [3.8, 4) is 0 Å². The maximum Gasteiger partial charge on any atom is 0.249 e. The minimum Gasteiger partial charge on any atom is -0.350 e. The lowest BCUT2D eigenvalue weighted by atomic mass is 9.99. The van der Waals surface area contributed by atoms with Crippen LogP contribution in [0.4, 0.5) is 10.1 Å². The van der Waals surface area contributed by atoms with E-state index in [1.165, 1.54) is 15.6 Å². The zero-order chi connectivity index (χ0) is 27.4. The van der Waals surface area contributed by atoms with Crippen LogP contribution in [0.3, 0.4) is 0 Å². The Labute approximate surface area is 225 Å². The lowest BCUT2D eigenvalue weighted by Gasteiger charge is -2.33. The Kier molecular flexibility index (Phi) is 7.45. The third-order valence-corrected chi connectivity index (χ3v) is 6.83. The van der Waals surface area contributed by atoms with Gasteiger partial charge in [-0.1, -0.05) is 78.0 Å². The largest absolute Gasteiger partial charge is 0.350 e. The van der Waals surface area contributed by atoms with Crippen LogP contribution in [0.1, 0.15) is 28.3 Å². The third-order valence-electron chi connectivity index (χ3n) is 6.83. The van der Waals surface area contributed by atoms with E-state index in [1.807, 2.05) is 80.6 Å². The highest BCUT2D eigenvalue weighted by Crippen LogP contribution is 2.33. The molecule has 0 radical (unpaired) electrons. The van der Waals surface area contributed by atoms with Crippen LogP contribution in [0.2, 0.25) is 0 Å². The molecule has 0 bridgehead atoms. The number of fused-ring (bicyclic) bond motifs is 1. The quantitative estimate of drug-likeness (QED) is 0.301. The number of carbonyl (C=O) groups is 2. The Hall–Kier alpha value is -4.85. The van der Waals surface area contributed by atoms with E-state index >= 15 is 4.39 Å². The molecule has 1 aromatic heterocycles. The second-order valence-corrected chi connectivity index (χ2v) is 9.35. The van der Waals surface area contributed by atoms with Crippen molar-refractivity contribution in [2.45, 2.75) is 33.0 Å². The topological polar surface area (TPSA) is 80.1 Å². The summed E-state index contributed by atoms with van der Waals surface area (Å²) in [6, 6.07) is 27.1. The molecule has 1 atom stereocenters. The molecule has 0 aliphatic heterocycles. The molecule has 5 rings (SSSR count). The molecule has 0 unspecified atom stereocenters. The molecule has 2 amide bonds. The van der Waals surface area contributed by atoms with Gasteiger partial charge in [0.25, 0.3) is 0 Å². The number of halogens is 1. The second-order valence-electron chi connectivity index (χ2n) is 9.35. The van der Waals surface area contributed by atoms with Crippen molar-refractivity contribution in [1.29, 1.82) is 0 Å². The molecule has 0 aliphatic rings. The van der Waals surface area contributed by atoms with Crippen molar-refractivity contribution in [3.05, 3.63) is 125 Å². The first-order chi connectivity index (χ1) is 18.9. The van der Waals surface area contributed by atoms with Gasteiger partial charge in [0.1, 0.15) is 23.9 Å². The van der Waals surface area contributed by atoms with Crippen LogP contribution >= 0.6 is 0 Å². The molecule has 4 aromatic carbocycles. The fourth-order valence-corrected chi connectivity index (χ4v) is 4.63. The highest BCUT2D eigenvalue weighted by Gasteiger charge is 2.35. The van der Waals surface area contributed by atoms with Crippen LogP contribution in [-0.4, -0.2) is 26.8 Å². The first-order valence-electron chi connectivity index (χ1n) is 12.7. The fourth-order valence-electron chi connectivity index (χ4n) is 4.63. The lowest BCUT2D eigenvalue weighted by molar-refractivity contribution is -0.127. The van der Waals surface area contributed by atoms with E-state index in [-0.39, 0.29) is 18.7 Å². The smallest absolute Gasteiger partial charge is 0.249 e. The van der Waals surface area contributed by atoms with Crippen LogP contribution in [0.25, 0.3) is 11.0 Å². The number of para-hydroxylation sites is 1. The molecule has 0 fully saturated rings. The second kappa shape index (κ2) is 11.3. The zero-order valence-corrected chi connectivity index (χ0v) is 21.7. The van der Waals surface area contributed by atoms with E-state index in [0.717, 1.165) is 16.7 Å². The first kappa shape index (κ1) is 25.8. The normalized spacial score (nSPS) is 11.8. The van der Waals surface area contributed by atoms with Gasteiger partial charge in [-0.05, 0) is 54.8 Å². The van der Waals surface area contributed by atoms with Gasteiger partial charge in [0.05, 0.1) is 5.52 Å². The van der Waals surface area contributed by atoms with Crippen molar-refractivity contribution in [2.75, 3.05) is 4.90 Å². The van der Waals surface area contributed by atoms with Gasteiger partial charge < -0.3 is 5.32 Å². The van der Waals surface area contributed by atoms with Crippen LogP contribution in [0.5, 0.6) is 0 Å². The molecular weight excluding hydrogens is 493 g/mol. The molecule has 7 nitrogen and oxygen atoms in total. The van der Waals surface area contributed by atoms with Crippen LogP contribution in [0, 0.1) is 19.7 Å². The maximum absolute atomic E-state index is 15.3. The summed E-state index contributed by atoms with van der Waals surface area (Å²) in [7, 11) is 0. The van der Waals surface area contributed by atoms with Crippen molar-refractivity contribution < 1.29 is 14.0 Å². The number of anilines is 1. The molecule has 1 N–H and O–H groups in total. The third kappa shape index (κ3) is 5.40. The standard InChI is InChI=1S/C31H28FN5O2/c1-21-11-10-18-27(22(21)2)37(29(38)20-36-28-17-9-8-16-26(28)34-35-36)30(24-14-6-7-15-25(24)32)31(39)33-19-23-12-4-3-5-13-23/h3-18,30H,19-20H2,1-2H3,(H,33,39)/t30-/m0/s1. The predicted octanol–water partition coefficient (Wildman–Crippen LogP) is 5.28. The molecule has 1 heterocycles. The maximum atomic E-state index is 15.3. The number of aromatic nitrogens is 3. The Balaban J connectivity index is 1.60. The van der Waals surface area contributed by atoms with Gasteiger partial charge in [-0.25, -0.2) is 9.07 Å². The summed E-state index contributed by atoms with van der Waals surface area (Å²) in [4.78, 5) is 29.4. The molecule has 0 aliphatic carbocycles. The van der Waals surface area contributed by atoms with Crippen molar-refractivity contribution in [2.24, 2.45) is 0 Å². The summed E-state index contributed by atoms with van der Waals surface area (Å²) in [5, 5.41) is 11.2. The number of aryl methyl sites for hydroxylation is 1. The minimum absolute atomic E-state index is 0.0979. The minimum atomic E-state index is -1.27. The average molecular weight is 522 g/mol. The van der Waals surface area contributed by atoms with Gasteiger partial charge in [0.15, 0.2) is 0 Å². The number of hydrogen-bond donors (Lipinski definition) is 1. The molecule has 5 aromatic rings. The average Bonchev–Trinajstić information content (AvgIpc) is 3.36.